The van der Waals surface area contributed by atoms with Crippen LogP contribution in [0.15, 0.2) is 24.3 Å². The molecule has 0 atom stereocenters. The van der Waals surface area contributed by atoms with Gasteiger partial charge >= 0.3 is 0 Å². The molecule has 0 fully saturated rings. The lowest BCUT2D eigenvalue weighted by atomic mass is 10.1. The molecule has 1 N–H and O–H groups in total. The molecule has 2 rings (SSSR count). The number of likely N-dealkylation sites (N-methyl/N-ethyl adjacent to an activating group) is 1. The second-order valence-corrected chi connectivity index (χ2v) is 5.28. The number of hydrogen-bond acceptors (Lipinski definition) is 3. The lowest BCUT2D eigenvalue weighted by Gasteiger charge is -2.12. The zero-order chi connectivity index (χ0) is 15.4. The van der Waals surface area contributed by atoms with E-state index in [1.165, 1.54) is 6.08 Å². The number of benzene rings is 1. The quantitative estimate of drug-likeness (QED) is 0.884. The first-order chi connectivity index (χ1) is 9.95. The molecule has 0 bridgehead atoms. The fourth-order valence-corrected chi connectivity index (χ4v) is 1.95. The van der Waals surface area contributed by atoms with Crippen molar-refractivity contribution in [1.82, 2.24) is 20.1 Å². The number of H-pyrrole nitrogens is 1. The summed E-state index contributed by atoms with van der Waals surface area (Å²) in [7, 11) is 1.71. The first-order valence-electron chi connectivity index (χ1n) is 6.53. The van der Waals surface area contributed by atoms with E-state index >= 15 is 0 Å². The number of aromatic amines is 1. The lowest BCUT2D eigenvalue weighted by Crippen LogP contribution is -2.24. The van der Waals surface area contributed by atoms with E-state index < -0.39 is 0 Å². The van der Waals surface area contributed by atoms with Gasteiger partial charge in [-0.25, -0.2) is 4.98 Å². The van der Waals surface area contributed by atoms with Gasteiger partial charge in [-0.2, -0.15) is 5.10 Å². The molecule has 1 aromatic heterocycles. The molecule has 1 aromatic carbocycles. The molecule has 0 aliphatic heterocycles. The summed E-state index contributed by atoms with van der Waals surface area (Å²) in [5.74, 6) is 1.21. The Morgan fingerprint density at radius 1 is 1.43 bits per heavy atom. The van der Waals surface area contributed by atoms with Gasteiger partial charge in [-0.1, -0.05) is 23.7 Å². The van der Waals surface area contributed by atoms with Crippen LogP contribution in [0.2, 0.25) is 5.02 Å². The molecule has 0 saturated heterocycles. The highest BCUT2D eigenvalue weighted by atomic mass is 35.5. The van der Waals surface area contributed by atoms with Crippen molar-refractivity contribution in [3.8, 4) is 0 Å². The number of halogens is 1. The van der Waals surface area contributed by atoms with Crippen LogP contribution in [0.4, 0.5) is 0 Å². The van der Waals surface area contributed by atoms with E-state index in [2.05, 4.69) is 15.2 Å². The van der Waals surface area contributed by atoms with E-state index in [1.54, 1.807) is 18.0 Å². The summed E-state index contributed by atoms with van der Waals surface area (Å²) < 4.78 is 0. The van der Waals surface area contributed by atoms with Crippen LogP contribution in [0.5, 0.6) is 0 Å². The maximum absolute atomic E-state index is 12.0. The minimum Gasteiger partial charge on any atom is -0.335 e. The summed E-state index contributed by atoms with van der Waals surface area (Å²) in [5, 5.41) is 7.45. The summed E-state index contributed by atoms with van der Waals surface area (Å²) in [6.07, 6.45) is 3.26. The van der Waals surface area contributed by atoms with Crippen molar-refractivity contribution in [3.63, 3.8) is 0 Å². The standard InChI is InChI=1S/C15H17ClN4O/c1-10-4-5-12(8-13(10)16)6-7-15(21)20(3)9-14-17-11(2)18-19-14/h4-8H,9H2,1-3H3,(H,17,18,19). The third-order valence-electron chi connectivity index (χ3n) is 3.01. The van der Waals surface area contributed by atoms with Gasteiger partial charge in [0.15, 0.2) is 5.82 Å². The fourth-order valence-electron chi connectivity index (χ4n) is 1.76. The number of aromatic nitrogens is 3. The zero-order valence-corrected chi connectivity index (χ0v) is 13.0. The van der Waals surface area contributed by atoms with Crippen LogP contribution in [0.25, 0.3) is 6.08 Å². The van der Waals surface area contributed by atoms with Crippen LogP contribution in [-0.2, 0) is 11.3 Å². The lowest BCUT2D eigenvalue weighted by molar-refractivity contribution is -0.125. The van der Waals surface area contributed by atoms with Crippen LogP contribution in [-0.4, -0.2) is 33.0 Å². The molecule has 110 valence electrons. The Morgan fingerprint density at radius 3 is 2.81 bits per heavy atom. The minimum atomic E-state index is -0.117. The number of hydrogen-bond donors (Lipinski definition) is 1. The summed E-state index contributed by atoms with van der Waals surface area (Å²) >= 11 is 6.05. The summed E-state index contributed by atoms with van der Waals surface area (Å²) in [6, 6.07) is 5.68. The average molecular weight is 305 g/mol. The molecular weight excluding hydrogens is 288 g/mol. The van der Waals surface area contributed by atoms with Crippen LogP contribution in [0, 0.1) is 13.8 Å². The molecule has 21 heavy (non-hydrogen) atoms. The van der Waals surface area contributed by atoms with Crippen molar-refractivity contribution in [2.24, 2.45) is 0 Å². The van der Waals surface area contributed by atoms with E-state index in [0.717, 1.165) is 17.0 Å². The largest absolute Gasteiger partial charge is 0.335 e. The second kappa shape index (κ2) is 6.54. The van der Waals surface area contributed by atoms with Crippen molar-refractivity contribution in [3.05, 3.63) is 52.1 Å². The SMILES string of the molecule is Cc1nc(CN(C)C(=O)C=Cc2ccc(C)c(Cl)c2)n[nH]1. The maximum atomic E-state index is 12.0. The van der Waals surface area contributed by atoms with Gasteiger partial charge in [0.05, 0.1) is 6.54 Å². The zero-order valence-electron chi connectivity index (χ0n) is 12.2. The van der Waals surface area contributed by atoms with Gasteiger partial charge in [-0.05, 0) is 37.1 Å². The maximum Gasteiger partial charge on any atom is 0.246 e. The molecule has 0 unspecified atom stereocenters. The summed E-state index contributed by atoms with van der Waals surface area (Å²) in [6.45, 7) is 4.12. The van der Waals surface area contributed by atoms with Crippen molar-refractivity contribution in [2.45, 2.75) is 20.4 Å². The number of nitrogens with one attached hydrogen (secondary N) is 1. The summed E-state index contributed by atoms with van der Waals surface area (Å²) in [4.78, 5) is 17.7. The van der Waals surface area contributed by atoms with Crippen molar-refractivity contribution in [1.29, 1.82) is 0 Å². The van der Waals surface area contributed by atoms with E-state index in [1.807, 2.05) is 32.0 Å². The van der Waals surface area contributed by atoms with E-state index in [9.17, 15) is 4.79 Å². The number of carbonyl (C=O) groups is 1. The molecule has 0 aliphatic rings. The molecule has 6 heteroatoms. The van der Waals surface area contributed by atoms with Gasteiger partial charge < -0.3 is 4.90 Å². The first-order valence-corrected chi connectivity index (χ1v) is 6.90. The summed E-state index contributed by atoms with van der Waals surface area (Å²) in [5.41, 5.74) is 1.90. The Labute approximate surface area is 128 Å². The Bertz CT molecular complexity index is 678. The van der Waals surface area contributed by atoms with Crippen LogP contribution >= 0.6 is 11.6 Å². The molecule has 0 aliphatic carbocycles. The highest BCUT2D eigenvalue weighted by Crippen LogP contribution is 2.17. The van der Waals surface area contributed by atoms with Crippen molar-refractivity contribution >= 4 is 23.6 Å². The molecule has 1 heterocycles. The number of aryl methyl sites for hydroxylation is 2. The van der Waals surface area contributed by atoms with E-state index in [-0.39, 0.29) is 5.91 Å². The molecule has 1 amide bonds. The van der Waals surface area contributed by atoms with Gasteiger partial charge in [0.1, 0.15) is 5.82 Å². The number of rotatable bonds is 4. The second-order valence-electron chi connectivity index (χ2n) is 4.87. The average Bonchev–Trinajstić information content (AvgIpc) is 2.85. The predicted molar refractivity (Wildman–Crippen MR) is 82.8 cm³/mol. The Morgan fingerprint density at radius 2 is 2.19 bits per heavy atom. The molecule has 0 saturated carbocycles. The first kappa shape index (κ1) is 15.3. The van der Waals surface area contributed by atoms with Crippen molar-refractivity contribution < 1.29 is 4.79 Å². The molecule has 0 radical (unpaired) electrons. The number of nitrogens with zero attached hydrogens (tertiary/aromatic N) is 3. The highest BCUT2D eigenvalue weighted by Gasteiger charge is 2.09. The van der Waals surface area contributed by atoms with Crippen LogP contribution in [0.3, 0.4) is 0 Å². The van der Waals surface area contributed by atoms with Gasteiger partial charge in [-0.3, -0.25) is 9.89 Å². The van der Waals surface area contributed by atoms with Crippen molar-refractivity contribution in [2.75, 3.05) is 7.05 Å². The topological polar surface area (TPSA) is 61.9 Å². The Balaban J connectivity index is 1.99. The molecule has 5 nitrogen and oxygen atoms in total. The number of carbonyl (C=O) groups excluding carboxylic acids is 1. The Hall–Kier alpha value is -2.14. The van der Waals surface area contributed by atoms with Gasteiger partial charge in [-0.15, -0.1) is 0 Å². The molecule has 2 aromatic rings. The number of amides is 1. The van der Waals surface area contributed by atoms with Crippen LogP contribution in [0.1, 0.15) is 22.8 Å². The fraction of sp³-hybridized carbons (Fsp3) is 0.267. The minimum absolute atomic E-state index is 0.117. The monoisotopic (exact) mass is 304 g/mol. The van der Waals surface area contributed by atoms with Gasteiger partial charge in [0, 0.05) is 18.1 Å². The van der Waals surface area contributed by atoms with E-state index in [0.29, 0.717) is 17.4 Å². The third kappa shape index (κ3) is 4.16. The molecular formula is C15H17ClN4O. The molecule has 0 spiro atoms. The van der Waals surface area contributed by atoms with E-state index in [4.69, 9.17) is 11.6 Å². The van der Waals surface area contributed by atoms with Gasteiger partial charge in [0.25, 0.3) is 0 Å². The third-order valence-corrected chi connectivity index (χ3v) is 3.42. The van der Waals surface area contributed by atoms with Crippen LogP contribution < -0.4 is 0 Å². The smallest absolute Gasteiger partial charge is 0.246 e. The normalized spacial score (nSPS) is 11.0. The Kier molecular flexibility index (Phi) is 4.75. The van der Waals surface area contributed by atoms with Gasteiger partial charge in [0.2, 0.25) is 5.91 Å². The predicted octanol–water partition coefficient (Wildman–Crippen LogP) is 2.75. The highest BCUT2D eigenvalue weighted by molar-refractivity contribution is 6.31.